The highest BCUT2D eigenvalue weighted by Gasteiger charge is 2.22. The first kappa shape index (κ1) is 13.3. The number of rotatable bonds is 2. The van der Waals surface area contributed by atoms with Gasteiger partial charge < -0.3 is 5.11 Å². The molecule has 0 bridgehead atoms. The maximum atomic E-state index is 10.9. The molecule has 0 fully saturated rings. The van der Waals surface area contributed by atoms with Crippen LogP contribution < -0.4 is 0 Å². The lowest BCUT2D eigenvalue weighted by Crippen LogP contribution is -2.11. The van der Waals surface area contributed by atoms with Crippen LogP contribution in [0.3, 0.4) is 0 Å². The zero-order valence-electron chi connectivity index (χ0n) is 11.8. The van der Waals surface area contributed by atoms with Crippen LogP contribution in [-0.2, 0) is 0 Å². The SMILES string of the molecule is Cc1[nH]nc2c1c1ccccc1n2C(O)c1cccnc1Cl. The average molecular weight is 313 g/mol. The third-order valence-corrected chi connectivity index (χ3v) is 4.22. The minimum Gasteiger partial charge on any atom is -0.369 e. The predicted octanol–water partition coefficient (Wildman–Crippen LogP) is 3.41. The molecule has 4 rings (SSSR count). The van der Waals surface area contributed by atoms with Gasteiger partial charge in [-0.3, -0.25) is 9.67 Å². The lowest BCUT2D eigenvalue weighted by Gasteiger charge is -2.15. The standard InChI is InChI=1S/C16H13ClN4O/c1-9-13-10-5-2-3-7-12(10)21(15(13)20-19-9)16(22)11-6-4-8-18-14(11)17/h2-8,16,22H,1H3,(H,19,20). The zero-order valence-corrected chi connectivity index (χ0v) is 12.5. The molecule has 1 unspecified atom stereocenters. The number of nitrogens with zero attached hydrogens (tertiary/aromatic N) is 3. The number of aliphatic hydroxyl groups is 1. The quantitative estimate of drug-likeness (QED) is 0.557. The van der Waals surface area contributed by atoms with Crippen molar-refractivity contribution < 1.29 is 5.11 Å². The summed E-state index contributed by atoms with van der Waals surface area (Å²) in [6.07, 6.45) is 0.645. The maximum absolute atomic E-state index is 10.9. The van der Waals surface area contributed by atoms with Gasteiger partial charge in [0.25, 0.3) is 0 Å². The molecule has 0 aliphatic carbocycles. The summed E-state index contributed by atoms with van der Waals surface area (Å²) in [7, 11) is 0. The molecule has 5 nitrogen and oxygen atoms in total. The summed E-state index contributed by atoms with van der Waals surface area (Å²) >= 11 is 6.13. The number of hydrogen-bond donors (Lipinski definition) is 2. The molecule has 1 aromatic carbocycles. The van der Waals surface area contributed by atoms with E-state index in [1.807, 2.05) is 31.2 Å². The van der Waals surface area contributed by atoms with Gasteiger partial charge in [-0.25, -0.2) is 4.98 Å². The van der Waals surface area contributed by atoms with E-state index in [1.54, 1.807) is 22.9 Å². The summed E-state index contributed by atoms with van der Waals surface area (Å²) in [5, 5.41) is 20.5. The van der Waals surface area contributed by atoms with Gasteiger partial charge in [0.15, 0.2) is 11.9 Å². The third kappa shape index (κ3) is 1.76. The molecule has 1 atom stereocenters. The van der Waals surface area contributed by atoms with Crippen molar-refractivity contribution in [2.45, 2.75) is 13.2 Å². The minimum atomic E-state index is -0.953. The van der Waals surface area contributed by atoms with E-state index in [9.17, 15) is 5.11 Å². The average Bonchev–Trinajstić information content (AvgIpc) is 3.05. The van der Waals surface area contributed by atoms with E-state index in [1.165, 1.54) is 0 Å². The highest BCUT2D eigenvalue weighted by molar-refractivity contribution is 6.30. The molecular formula is C16H13ClN4O. The van der Waals surface area contributed by atoms with E-state index >= 15 is 0 Å². The molecule has 4 aromatic rings. The molecule has 2 N–H and O–H groups in total. The van der Waals surface area contributed by atoms with Gasteiger partial charge >= 0.3 is 0 Å². The van der Waals surface area contributed by atoms with E-state index in [2.05, 4.69) is 15.2 Å². The summed E-state index contributed by atoms with van der Waals surface area (Å²) in [6, 6.07) is 11.4. The molecule has 0 saturated heterocycles. The van der Waals surface area contributed by atoms with Crippen molar-refractivity contribution in [3.8, 4) is 0 Å². The predicted molar refractivity (Wildman–Crippen MR) is 85.9 cm³/mol. The van der Waals surface area contributed by atoms with Crippen LogP contribution in [0, 0.1) is 6.92 Å². The second kappa shape index (κ2) is 4.83. The number of aliphatic hydroxyl groups excluding tert-OH is 1. The first-order chi connectivity index (χ1) is 10.7. The fourth-order valence-corrected chi connectivity index (χ4v) is 3.12. The molecule has 0 spiro atoms. The number of halogens is 1. The topological polar surface area (TPSA) is 66.7 Å². The highest BCUT2D eigenvalue weighted by atomic mass is 35.5. The molecule has 0 radical (unpaired) electrons. The van der Waals surface area contributed by atoms with Gasteiger partial charge in [-0.1, -0.05) is 29.8 Å². The summed E-state index contributed by atoms with van der Waals surface area (Å²) in [5.74, 6) is 0. The Morgan fingerprint density at radius 2 is 2.05 bits per heavy atom. The molecule has 0 saturated carbocycles. The number of aromatic amines is 1. The molecule has 110 valence electrons. The van der Waals surface area contributed by atoms with Crippen LogP contribution in [0.15, 0.2) is 42.6 Å². The lowest BCUT2D eigenvalue weighted by atomic mass is 10.2. The fourth-order valence-electron chi connectivity index (χ4n) is 2.90. The van der Waals surface area contributed by atoms with Crippen LogP contribution in [0.1, 0.15) is 17.5 Å². The van der Waals surface area contributed by atoms with E-state index in [0.29, 0.717) is 11.2 Å². The van der Waals surface area contributed by atoms with Crippen LogP contribution in [0.4, 0.5) is 0 Å². The van der Waals surface area contributed by atoms with E-state index in [0.717, 1.165) is 22.0 Å². The highest BCUT2D eigenvalue weighted by Crippen LogP contribution is 2.34. The largest absolute Gasteiger partial charge is 0.369 e. The van der Waals surface area contributed by atoms with Gasteiger partial charge in [0.05, 0.1) is 5.52 Å². The van der Waals surface area contributed by atoms with E-state index in [4.69, 9.17) is 11.6 Å². The molecule has 22 heavy (non-hydrogen) atoms. The normalized spacial score (nSPS) is 13.0. The van der Waals surface area contributed by atoms with Gasteiger partial charge in [-0.2, -0.15) is 5.10 Å². The molecule has 0 amide bonds. The second-order valence-corrected chi connectivity index (χ2v) is 5.55. The van der Waals surface area contributed by atoms with Gasteiger partial charge in [0, 0.05) is 28.2 Å². The van der Waals surface area contributed by atoms with Gasteiger partial charge in [0.1, 0.15) is 5.15 Å². The van der Waals surface area contributed by atoms with Crippen molar-refractivity contribution in [3.05, 3.63) is 59.0 Å². The van der Waals surface area contributed by atoms with Crippen LogP contribution in [0.25, 0.3) is 21.9 Å². The van der Waals surface area contributed by atoms with Crippen LogP contribution in [-0.4, -0.2) is 24.9 Å². The Morgan fingerprint density at radius 1 is 1.23 bits per heavy atom. The number of nitrogens with one attached hydrogen (secondary N) is 1. The summed E-state index contributed by atoms with van der Waals surface area (Å²) < 4.78 is 1.77. The van der Waals surface area contributed by atoms with Crippen molar-refractivity contribution in [3.63, 3.8) is 0 Å². The fraction of sp³-hybridized carbons (Fsp3) is 0.125. The number of aryl methyl sites for hydroxylation is 1. The smallest absolute Gasteiger partial charge is 0.165 e. The number of para-hydroxylation sites is 1. The first-order valence-electron chi connectivity index (χ1n) is 6.90. The number of aromatic nitrogens is 4. The zero-order chi connectivity index (χ0) is 15.3. The number of pyridine rings is 1. The Hall–Kier alpha value is -2.37. The maximum Gasteiger partial charge on any atom is 0.165 e. The summed E-state index contributed by atoms with van der Waals surface area (Å²) in [6.45, 7) is 1.97. The Morgan fingerprint density at radius 3 is 2.86 bits per heavy atom. The third-order valence-electron chi connectivity index (χ3n) is 3.90. The molecule has 6 heteroatoms. The van der Waals surface area contributed by atoms with Crippen LogP contribution in [0.2, 0.25) is 5.15 Å². The van der Waals surface area contributed by atoms with Crippen molar-refractivity contribution in [2.75, 3.05) is 0 Å². The number of benzene rings is 1. The molecule has 3 heterocycles. The second-order valence-electron chi connectivity index (χ2n) is 5.19. The molecule has 3 aromatic heterocycles. The Bertz CT molecular complexity index is 988. The molecular weight excluding hydrogens is 300 g/mol. The number of fused-ring (bicyclic) bond motifs is 3. The van der Waals surface area contributed by atoms with Gasteiger partial charge in [-0.05, 0) is 25.1 Å². The number of H-pyrrole nitrogens is 1. The Labute approximate surface area is 131 Å². The van der Waals surface area contributed by atoms with Crippen molar-refractivity contribution in [1.29, 1.82) is 0 Å². The van der Waals surface area contributed by atoms with Crippen molar-refractivity contribution >= 4 is 33.5 Å². The Balaban J connectivity index is 2.07. The van der Waals surface area contributed by atoms with E-state index in [-0.39, 0.29) is 5.15 Å². The van der Waals surface area contributed by atoms with Crippen molar-refractivity contribution in [1.82, 2.24) is 19.7 Å². The van der Waals surface area contributed by atoms with Gasteiger partial charge in [-0.15, -0.1) is 0 Å². The van der Waals surface area contributed by atoms with Gasteiger partial charge in [0.2, 0.25) is 0 Å². The van der Waals surface area contributed by atoms with Crippen molar-refractivity contribution in [2.24, 2.45) is 0 Å². The molecule has 0 aliphatic rings. The lowest BCUT2D eigenvalue weighted by molar-refractivity contribution is 0.154. The Kier molecular flexibility index (Phi) is 2.92. The summed E-state index contributed by atoms with van der Waals surface area (Å²) in [5.41, 5.74) is 3.12. The minimum absolute atomic E-state index is 0.285. The van der Waals surface area contributed by atoms with Crippen LogP contribution in [0.5, 0.6) is 0 Å². The van der Waals surface area contributed by atoms with E-state index < -0.39 is 6.23 Å². The monoisotopic (exact) mass is 312 g/mol. The molecule has 0 aliphatic heterocycles. The first-order valence-corrected chi connectivity index (χ1v) is 7.28. The van der Waals surface area contributed by atoms with Crippen LogP contribution >= 0.6 is 11.6 Å². The summed E-state index contributed by atoms with van der Waals surface area (Å²) in [4.78, 5) is 4.04. The number of hydrogen-bond acceptors (Lipinski definition) is 3.